The summed E-state index contributed by atoms with van der Waals surface area (Å²) in [4.78, 5) is 14.1. The highest BCUT2D eigenvalue weighted by Gasteiger charge is 2.22. The number of carbonyl (C=O) groups excluding carboxylic acids is 1. The maximum Gasteiger partial charge on any atom is 0.222 e. The molecule has 0 aromatic heterocycles. The largest absolute Gasteiger partial charge is 0.382 e. The number of carbonyl (C=O) groups is 1. The van der Waals surface area contributed by atoms with Gasteiger partial charge in [0.1, 0.15) is 0 Å². The van der Waals surface area contributed by atoms with E-state index in [1.165, 1.54) is 5.69 Å². The third kappa shape index (κ3) is 6.37. The number of benzene rings is 1. The summed E-state index contributed by atoms with van der Waals surface area (Å²) in [6, 6.07) is 7.91. The van der Waals surface area contributed by atoms with Crippen LogP contribution in [0.2, 0.25) is 5.02 Å². The van der Waals surface area contributed by atoms with Crippen LogP contribution >= 0.6 is 11.6 Å². The number of nitrogens with one attached hydrogen (secondary N) is 1. The zero-order valence-corrected chi connectivity index (χ0v) is 14.3. The van der Waals surface area contributed by atoms with Gasteiger partial charge in [-0.25, -0.2) is 0 Å². The van der Waals surface area contributed by atoms with Gasteiger partial charge in [-0.2, -0.15) is 0 Å². The number of nitrogens with zero attached hydrogens (tertiary/aromatic N) is 1. The molecule has 5 nitrogen and oxygen atoms in total. The number of ether oxygens (including phenoxy) is 2. The minimum Gasteiger partial charge on any atom is -0.382 e. The van der Waals surface area contributed by atoms with Crippen LogP contribution < -0.4 is 10.2 Å². The van der Waals surface area contributed by atoms with E-state index in [0.717, 1.165) is 31.1 Å². The van der Waals surface area contributed by atoms with E-state index < -0.39 is 0 Å². The molecular weight excluding hydrogens is 316 g/mol. The molecule has 1 saturated heterocycles. The minimum atomic E-state index is 0.0485. The molecule has 0 unspecified atom stereocenters. The Morgan fingerprint density at radius 3 is 2.83 bits per heavy atom. The average Bonchev–Trinajstić information content (AvgIpc) is 3.02. The lowest BCUT2D eigenvalue weighted by Gasteiger charge is -2.19. The average molecular weight is 341 g/mol. The van der Waals surface area contributed by atoms with Gasteiger partial charge in [0.25, 0.3) is 0 Å². The van der Waals surface area contributed by atoms with Crippen molar-refractivity contribution in [3.05, 3.63) is 29.3 Å². The lowest BCUT2D eigenvalue weighted by atomic mass is 10.1. The Morgan fingerprint density at radius 2 is 2.09 bits per heavy atom. The molecule has 1 aromatic carbocycles. The van der Waals surface area contributed by atoms with E-state index in [1.807, 2.05) is 24.3 Å². The molecule has 6 heteroatoms. The van der Waals surface area contributed by atoms with Crippen LogP contribution in [0, 0.1) is 5.92 Å². The molecule has 1 heterocycles. The Balaban J connectivity index is 1.62. The molecule has 1 N–H and O–H groups in total. The highest BCUT2D eigenvalue weighted by atomic mass is 35.5. The highest BCUT2D eigenvalue weighted by Crippen LogP contribution is 2.24. The lowest BCUT2D eigenvalue weighted by molar-refractivity contribution is -0.122. The maximum atomic E-state index is 11.8. The molecule has 0 radical (unpaired) electrons. The first-order valence-electron chi connectivity index (χ1n) is 8.03. The topological polar surface area (TPSA) is 50.8 Å². The van der Waals surface area contributed by atoms with Crippen molar-refractivity contribution in [2.45, 2.75) is 12.8 Å². The maximum absolute atomic E-state index is 11.8. The molecule has 1 aliphatic heterocycles. The Bertz CT molecular complexity index is 481. The first-order valence-corrected chi connectivity index (χ1v) is 8.40. The van der Waals surface area contributed by atoms with Crippen molar-refractivity contribution < 1.29 is 14.3 Å². The molecule has 2 rings (SSSR count). The second kappa shape index (κ2) is 9.75. The first kappa shape index (κ1) is 18.0. The Morgan fingerprint density at radius 1 is 1.30 bits per heavy atom. The van der Waals surface area contributed by atoms with E-state index in [9.17, 15) is 4.79 Å². The number of amides is 1. The van der Waals surface area contributed by atoms with E-state index in [2.05, 4.69) is 10.2 Å². The summed E-state index contributed by atoms with van der Waals surface area (Å²) in [5.41, 5.74) is 1.19. The molecule has 1 atom stereocenters. The number of hydrogen-bond acceptors (Lipinski definition) is 4. The molecule has 0 saturated carbocycles. The van der Waals surface area contributed by atoms with Crippen LogP contribution in [-0.4, -0.2) is 52.5 Å². The molecule has 0 aliphatic carbocycles. The summed E-state index contributed by atoms with van der Waals surface area (Å²) >= 11 is 5.92. The highest BCUT2D eigenvalue weighted by molar-refractivity contribution is 6.30. The fourth-order valence-electron chi connectivity index (χ4n) is 2.64. The number of anilines is 1. The van der Waals surface area contributed by atoms with Crippen molar-refractivity contribution in [2.24, 2.45) is 5.92 Å². The van der Waals surface area contributed by atoms with Crippen molar-refractivity contribution >= 4 is 23.2 Å². The van der Waals surface area contributed by atoms with Crippen molar-refractivity contribution in [2.75, 3.05) is 51.5 Å². The van der Waals surface area contributed by atoms with Gasteiger partial charge in [0.15, 0.2) is 0 Å². The molecule has 128 valence electrons. The normalized spacial score (nSPS) is 17.5. The summed E-state index contributed by atoms with van der Waals surface area (Å²) in [5, 5.41) is 3.75. The predicted molar refractivity (Wildman–Crippen MR) is 92.1 cm³/mol. The SMILES string of the molecule is COCCOCCC(=O)NC[C@H]1CCN(c2ccc(Cl)cc2)C1. The van der Waals surface area contributed by atoms with Crippen LogP contribution in [0.1, 0.15) is 12.8 Å². The van der Waals surface area contributed by atoms with Gasteiger partial charge in [0.2, 0.25) is 5.91 Å². The molecular formula is C17H25ClN2O3. The smallest absolute Gasteiger partial charge is 0.222 e. The molecule has 23 heavy (non-hydrogen) atoms. The summed E-state index contributed by atoms with van der Waals surface area (Å²) in [7, 11) is 1.63. The lowest BCUT2D eigenvalue weighted by Crippen LogP contribution is -2.31. The summed E-state index contributed by atoms with van der Waals surface area (Å²) in [6.07, 6.45) is 1.49. The second-order valence-electron chi connectivity index (χ2n) is 5.74. The predicted octanol–water partition coefficient (Wildman–Crippen LogP) is 2.34. The van der Waals surface area contributed by atoms with Crippen molar-refractivity contribution in [3.8, 4) is 0 Å². The van der Waals surface area contributed by atoms with Crippen molar-refractivity contribution in [1.82, 2.24) is 5.32 Å². The minimum absolute atomic E-state index is 0.0485. The van der Waals surface area contributed by atoms with Crippen LogP contribution in [0.15, 0.2) is 24.3 Å². The van der Waals surface area contributed by atoms with Gasteiger partial charge in [-0.15, -0.1) is 0 Å². The van der Waals surface area contributed by atoms with Gasteiger partial charge in [-0.05, 0) is 36.6 Å². The van der Waals surface area contributed by atoms with Gasteiger partial charge in [0.05, 0.1) is 19.8 Å². The second-order valence-corrected chi connectivity index (χ2v) is 6.17. The number of hydrogen-bond donors (Lipinski definition) is 1. The molecule has 1 aromatic rings. The zero-order valence-electron chi connectivity index (χ0n) is 13.6. The monoisotopic (exact) mass is 340 g/mol. The van der Waals surface area contributed by atoms with E-state index in [0.29, 0.717) is 32.2 Å². The quantitative estimate of drug-likeness (QED) is 0.701. The van der Waals surface area contributed by atoms with Crippen LogP contribution in [0.4, 0.5) is 5.69 Å². The molecule has 0 bridgehead atoms. The molecule has 0 spiro atoms. The van der Waals surface area contributed by atoms with Gasteiger partial charge in [-0.3, -0.25) is 4.79 Å². The molecule has 1 amide bonds. The number of halogens is 1. The van der Waals surface area contributed by atoms with Crippen LogP contribution in [-0.2, 0) is 14.3 Å². The van der Waals surface area contributed by atoms with E-state index >= 15 is 0 Å². The van der Waals surface area contributed by atoms with Crippen LogP contribution in [0.25, 0.3) is 0 Å². The standard InChI is InChI=1S/C17H25ClN2O3/c1-22-10-11-23-9-7-17(21)19-12-14-6-8-20(13-14)16-4-2-15(18)3-5-16/h2-5,14H,6-13H2,1H3,(H,19,21)/t14-/m1/s1. The third-order valence-corrected chi connectivity index (χ3v) is 4.22. The fraction of sp³-hybridized carbons (Fsp3) is 0.588. The molecule has 1 aliphatic rings. The van der Waals surface area contributed by atoms with E-state index in [1.54, 1.807) is 7.11 Å². The zero-order chi connectivity index (χ0) is 16.5. The summed E-state index contributed by atoms with van der Waals surface area (Å²) in [5.74, 6) is 0.538. The first-order chi connectivity index (χ1) is 11.2. The van der Waals surface area contributed by atoms with Crippen LogP contribution in [0.3, 0.4) is 0 Å². The van der Waals surface area contributed by atoms with Crippen molar-refractivity contribution in [3.63, 3.8) is 0 Å². The fourth-order valence-corrected chi connectivity index (χ4v) is 2.77. The summed E-state index contributed by atoms with van der Waals surface area (Å²) < 4.78 is 10.2. The van der Waals surface area contributed by atoms with Crippen LogP contribution in [0.5, 0.6) is 0 Å². The van der Waals surface area contributed by atoms with Gasteiger partial charge in [0, 0.05) is 43.9 Å². The van der Waals surface area contributed by atoms with E-state index in [-0.39, 0.29) is 5.91 Å². The number of methoxy groups -OCH3 is 1. The Labute approximate surface area is 142 Å². The van der Waals surface area contributed by atoms with Gasteiger partial charge in [-0.1, -0.05) is 11.6 Å². The number of rotatable bonds is 9. The Kier molecular flexibility index (Phi) is 7.65. The van der Waals surface area contributed by atoms with E-state index in [4.69, 9.17) is 21.1 Å². The summed E-state index contributed by atoms with van der Waals surface area (Å²) in [6.45, 7) is 4.24. The molecule has 1 fully saturated rings. The van der Waals surface area contributed by atoms with Gasteiger partial charge < -0.3 is 19.7 Å². The Hall–Kier alpha value is -1.30. The third-order valence-electron chi connectivity index (χ3n) is 3.97. The van der Waals surface area contributed by atoms with Crippen molar-refractivity contribution in [1.29, 1.82) is 0 Å². The van der Waals surface area contributed by atoms with Gasteiger partial charge >= 0.3 is 0 Å².